The van der Waals surface area contributed by atoms with E-state index in [4.69, 9.17) is 4.74 Å². The Morgan fingerprint density at radius 1 is 1.32 bits per heavy atom. The van der Waals surface area contributed by atoms with Crippen molar-refractivity contribution >= 4 is 5.97 Å². The first-order chi connectivity index (χ1) is 13.6. The monoisotopic (exact) mass is 374 g/mol. The first kappa shape index (κ1) is 16.2. The van der Waals surface area contributed by atoms with Crippen LogP contribution >= 0.6 is 0 Å². The molecule has 1 spiro atoms. The van der Waals surface area contributed by atoms with Gasteiger partial charge in [-0.1, -0.05) is 25.1 Å². The lowest BCUT2D eigenvalue weighted by atomic mass is 9.61. The molecular formula is C23H22N2O3. The van der Waals surface area contributed by atoms with Gasteiger partial charge in [0.2, 0.25) is 0 Å². The number of allylic oxidation sites excluding steroid dienone is 1. The van der Waals surface area contributed by atoms with Crippen molar-refractivity contribution in [3.05, 3.63) is 74.8 Å². The average molecular weight is 374 g/mol. The SMILES string of the molecule is CCC1=CN2CC[C@]34c5ccccc5-n5c3c(cc(C(=O)OC)c5=O)[C@@H]1C[C@@H]24. The van der Waals surface area contributed by atoms with Crippen molar-refractivity contribution in [1.29, 1.82) is 0 Å². The van der Waals surface area contributed by atoms with Crippen LogP contribution in [-0.2, 0) is 10.2 Å². The van der Waals surface area contributed by atoms with E-state index in [0.717, 1.165) is 42.8 Å². The molecule has 1 aromatic heterocycles. The summed E-state index contributed by atoms with van der Waals surface area (Å²) in [7, 11) is 1.34. The maximum atomic E-state index is 13.4. The summed E-state index contributed by atoms with van der Waals surface area (Å²) < 4.78 is 6.78. The van der Waals surface area contributed by atoms with E-state index < -0.39 is 5.97 Å². The number of benzene rings is 1. The van der Waals surface area contributed by atoms with Gasteiger partial charge in [-0.05, 0) is 54.3 Å². The van der Waals surface area contributed by atoms with Gasteiger partial charge in [-0.25, -0.2) is 4.79 Å². The molecule has 1 aliphatic carbocycles. The second-order valence-corrected chi connectivity index (χ2v) is 8.33. The van der Waals surface area contributed by atoms with E-state index in [1.54, 1.807) is 0 Å². The number of hydrogen-bond donors (Lipinski definition) is 0. The summed E-state index contributed by atoms with van der Waals surface area (Å²) >= 11 is 0. The summed E-state index contributed by atoms with van der Waals surface area (Å²) in [6.07, 6.45) is 5.36. The molecule has 142 valence electrons. The lowest BCUT2D eigenvalue weighted by molar-refractivity contribution is 0.0598. The molecule has 1 aromatic carbocycles. The molecule has 5 heteroatoms. The molecule has 5 nitrogen and oxygen atoms in total. The molecule has 2 bridgehead atoms. The minimum atomic E-state index is -0.553. The molecule has 1 fully saturated rings. The smallest absolute Gasteiger partial charge is 0.343 e. The van der Waals surface area contributed by atoms with Crippen molar-refractivity contribution in [2.24, 2.45) is 0 Å². The maximum absolute atomic E-state index is 13.4. The molecule has 4 heterocycles. The number of pyridine rings is 1. The third kappa shape index (κ3) is 1.61. The standard InChI is InChI=1S/C23H22N2O3/c1-3-13-12-24-9-8-23-17-6-4-5-7-18(17)25-20(23)15(14(13)11-19(23)24)10-16(21(25)26)22(27)28-2/h4-7,10,12,14,19H,3,8-9,11H2,1-2H3/t14-,19-,23-/m1/s1. The van der Waals surface area contributed by atoms with E-state index in [1.165, 1.54) is 18.2 Å². The fourth-order valence-corrected chi connectivity index (χ4v) is 6.35. The number of rotatable bonds is 2. The predicted octanol–water partition coefficient (Wildman–Crippen LogP) is 3.09. The van der Waals surface area contributed by atoms with Crippen LogP contribution in [0.25, 0.3) is 5.69 Å². The number of carbonyl (C=O) groups is 1. The van der Waals surface area contributed by atoms with E-state index in [9.17, 15) is 9.59 Å². The van der Waals surface area contributed by atoms with Gasteiger partial charge in [0, 0.05) is 24.2 Å². The first-order valence-corrected chi connectivity index (χ1v) is 10.1. The van der Waals surface area contributed by atoms with Crippen LogP contribution in [0.15, 0.2) is 46.9 Å². The quantitative estimate of drug-likeness (QED) is 0.758. The lowest BCUT2D eigenvalue weighted by Crippen LogP contribution is -2.49. The summed E-state index contributed by atoms with van der Waals surface area (Å²) in [4.78, 5) is 28.4. The number of para-hydroxylation sites is 1. The van der Waals surface area contributed by atoms with E-state index in [2.05, 4.69) is 30.2 Å². The second kappa shape index (κ2) is 5.16. The number of nitrogens with zero attached hydrogens (tertiary/aromatic N) is 2. The second-order valence-electron chi connectivity index (χ2n) is 8.33. The van der Waals surface area contributed by atoms with Crippen LogP contribution in [0.3, 0.4) is 0 Å². The van der Waals surface area contributed by atoms with Crippen molar-refractivity contribution < 1.29 is 9.53 Å². The number of hydrogen-bond acceptors (Lipinski definition) is 4. The summed E-state index contributed by atoms with van der Waals surface area (Å²) in [6, 6.07) is 10.4. The molecule has 3 atom stereocenters. The Bertz CT molecular complexity index is 1150. The zero-order chi connectivity index (χ0) is 19.2. The number of aromatic nitrogens is 1. The van der Waals surface area contributed by atoms with Crippen LogP contribution in [0.4, 0.5) is 0 Å². The number of ether oxygens (including phenoxy) is 1. The van der Waals surface area contributed by atoms with Gasteiger partial charge in [0.05, 0.1) is 18.2 Å². The number of methoxy groups -OCH3 is 1. The van der Waals surface area contributed by atoms with Crippen LogP contribution in [0, 0.1) is 0 Å². The maximum Gasteiger partial charge on any atom is 0.343 e. The third-order valence-corrected chi connectivity index (χ3v) is 7.44. The molecule has 4 aliphatic rings. The predicted molar refractivity (Wildman–Crippen MR) is 105 cm³/mol. The van der Waals surface area contributed by atoms with Gasteiger partial charge in [0.15, 0.2) is 0 Å². The van der Waals surface area contributed by atoms with Crippen molar-refractivity contribution in [3.63, 3.8) is 0 Å². The fraction of sp³-hybridized carbons (Fsp3) is 0.391. The molecule has 0 saturated carbocycles. The van der Waals surface area contributed by atoms with Gasteiger partial charge < -0.3 is 9.64 Å². The number of carbonyl (C=O) groups excluding carboxylic acids is 1. The Morgan fingerprint density at radius 2 is 2.14 bits per heavy atom. The van der Waals surface area contributed by atoms with Gasteiger partial charge in [-0.15, -0.1) is 0 Å². The van der Waals surface area contributed by atoms with Crippen LogP contribution < -0.4 is 5.56 Å². The van der Waals surface area contributed by atoms with Gasteiger partial charge >= 0.3 is 5.97 Å². The highest BCUT2D eigenvalue weighted by Gasteiger charge is 2.60. The largest absolute Gasteiger partial charge is 0.465 e. The van der Waals surface area contributed by atoms with Crippen molar-refractivity contribution in [3.8, 4) is 5.69 Å². The molecule has 0 unspecified atom stereocenters. The highest BCUT2D eigenvalue weighted by molar-refractivity contribution is 5.90. The molecule has 6 rings (SSSR count). The zero-order valence-electron chi connectivity index (χ0n) is 16.1. The molecule has 1 saturated heterocycles. The Hall–Kier alpha value is -2.82. The summed E-state index contributed by atoms with van der Waals surface area (Å²) in [5.74, 6) is -0.292. The van der Waals surface area contributed by atoms with Crippen LogP contribution in [0.2, 0.25) is 0 Å². The Labute approximate surface area is 163 Å². The lowest BCUT2D eigenvalue weighted by Gasteiger charge is -2.47. The summed E-state index contributed by atoms with van der Waals surface area (Å²) in [5.41, 5.74) is 5.54. The Morgan fingerprint density at radius 3 is 2.93 bits per heavy atom. The van der Waals surface area contributed by atoms with Crippen molar-refractivity contribution in [2.45, 2.75) is 43.6 Å². The Kier molecular flexibility index (Phi) is 2.98. The zero-order valence-corrected chi connectivity index (χ0v) is 16.1. The normalized spacial score (nSPS) is 27.9. The van der Waals surface area contributed by atoms with Crippen molar-refractivity contribution in [1.82, 2.24) is 9.47 Å². The van der Waals surface area contributed by atoms with Gasteiger partial charge in [-0.2, -0.15) is 0 Å². The average Bonchev–Trinajstić information content (AvgIpc) is 3.27. The van der Waals surface area contributed by atoms with Gasteiger partial charge in [0.1, 0.15) is 5.56 Å². The van der Waals surface area contributed by atoms with Crippen LogP contribution in [-0.4, -0.2) is 35.1 Å². The summed E-state index contributed by atoms with van der Waals surface area (Å²) in [5, 5.41) is 0. The van der Waals surface area contributed by atoms with E-state index in [1.807, 2.05) is 22.8 Å². The van der Waals surface area contributed by atoms with E-state index >= 15 is 0 Å². The molecule has 28 heavy (non-hydrogen) atoms. The third-order valence-electron chi connectivity index (χ3n) is 7.44. The van der Waals surface area contributed by atoms with Crippen LogP contribution in [0.1, 0.15) is 59.3 Å². The topological polar surface area (TPSA) is 51.5 Å². The summed E-state index contributed by atoms with van der Waals surface area (Å²) in [6.45, 7) is 3.19. The van der Waals surface area contributed by atoms with Crippen LogP contribution in [0.5, 0.6) is 0 Å². The first-order valence-electron chi connectivity index (χ1n) is 10.1. The molecule has 2 aromatic rings. The minimum absolute atomic E-state index is 0.141. The highest BCUT2D eigenvalue weighted by atomic mass is 16.5. The minimum Gasteiger partial charge on any atom is -0.465 e. The number of esters is 1. The molecule has 0 N–H and O–H groups in total. The number of fused-ring (bicyclic) bond motifs is 4. The highest BCUT2D eigenvalue weighted by Crippen LogP contribution is 2.61. The van der Waals surface area contributed by atoms with Crippen molar-refractivity contribution in [2.75, 3.05) is 13.7 Å². The van der Waals surface area contributed by atoms with E-state index in [-0.39, 0.29) is 22.5 Å². The van der Waals surface area contributed by atoms with Gasteiger partial charge in [-0.3, -0.25) is 9.36 Å². The molecule has 3 aliphatic heterocycles. The molecule has 0 amide bonds. The Balaban J connectivity index is 1.78. The molecule has 0 radical (unpaired) electrons. The van der Waals surface area contributed by atoms with Gasteiger partial charge in [0.25, 0.3) is 5.56 Å². The van der Waals surface area contributed by atoms with E-state index in [0.29, 0.717) is 6.04 Å². The fourth-order valence-electron chi connectivity index (χ4n) is 6.35. The molecular weight excluding hydrogens is 352 g/mol.